The summed E-state index contributed by atoms with van der Waals surface area (Å²) < 4.78 is 59.8. The Morgan fingerprint density at radius 1 is 0.889 bits per heavy atom. The molecule has 0 unspecified atom stereocenters. The highest BCUT2D eigenvalue weighted by Crippen LogP contribution is 2.56. The summed E-state index contributed by atoms with van der Waals surface area (Å²) in [5.74, 6) is -11.2. The first-order valence-electron chi connectivity index (χ1n) is 8.87. The molecule has 1 aliphatic carbocycles. The standard InChI is InChI=1S/C21H20F4O2/c1-3-12-5-7-17-15(9-12)14(11-19(26)27)16-10-13(4-2)6-8-18(16)21(24,25)20(17,22)23/h5-10,14H,3-4,11H2,1-2H3,(H,26,27). The normalized spacial score (nSPS) is 17.7. The van der Waals surface area contributed by atoms with Crippen LogP contribution in [0.2, 0.25) is 0 Å². The van der Waals surface area contributed by atoms with Crippen LogP contribution in [0.3, 0.4) is 0 Å². The number of rotatable bonds is 4. The van der Waals surface area contributed by atoms with E-state index in [0.29, 0.717) is 24.0 Å². The van der Waals surface area contributed by atoms with Gasteiger partial charge in [-0.2, -0.15) is 17.6 Å². The number of aliphatic carboxylic acids is 1. The molecular formula is C21H20F4O2. The van der Waals surface area contributed by atoms with E-state index in [-0.39, 0.29) is 11.1 Å². The number of aryl methyl sites for hydroxylation is 2. The number of carbonyl (C=O) groups is 1. The van der Waals surface area contributed by atoms with E-state index in [1.54, 1.807) is 0 Å². The molecule has 6 heteroatoms. The van der Waals surface area contributed by atoms with E-state index < -0.39 is 41.3 Å². The van der Waals surface area contributed by atoms with Crippen molar-refractivity contribution in [2.24, 2.45) is 0 Å². The van der Waals surface area contributed by atoms with Crippen molar-refractivity contribution >= 4 is 5.97 Å². The van der Waals surface area contributed by atoms with Crippen molar-refractivity contribution in [2.45, 2.75) is 50.9 Å². The van der Waals surface area contributed by atoms with Crippen molar-refractivity contribution in [1.82, 2.24) is 0 Å². The van der Waals surface area contributed by atoms with Crippen LogP contribution in [-0.4, -0.2) is 11.1 Å². The molecule has 2 aromatic rings. The van der Waals surface area contributed by atoms with Gasteiger partial charge >= 0.3 is 17.8 Å². The Kier molecular flexibility index (Phi) is 4.78. The Morgan fingerprint density at radius 2 is 1.30 bits per heavy atom. The molecule has 1 aliphatic rings. The third kappa shape index (κ3) is 3.01. The van der Waals surface area contributed by atoms with E-state index >= 15 is 0 Å². The zero-order valence-corrected chi connectivity index (χ0v) is 15.0. The minimum absolute atomic E-state index is 0.0339. The molecule has 3 rings (SSSR count). The van der Waals surface area contributed by atoms with Gasteiger partial charge in [-0.1, -0.05) is 50.2 Å². The second-order valence-electron chi connectivity index (χ2n) is 6.85. The average molecular weight is 380 g/mol. The van der Waals surface area contributed by atoms with E-state index in [2.05, 4.69) is 0 Å². The number of hydrogen-bond donors (Lipinski definition) is 1. The first kappa shape index (κ1) is 19.4. The maximum atomic E-state index is 14.9. The van der Waals surface area contributed by atoms with Gasteiger partial charge in [0.05, 0.1) is 6.42 Å². The SMILES string of the molecule is CCc1ccc2c(c1)C(CC(=O)O)c1cc(CC)ccc1C(F)(F)C2(F)F. The minimum atomic E-state index is -4.44. The lowest BCUT2D eigenvalue weighted by molar-refractivity contribution is -0.223. The van der Waals surface area contributed by atoms with Gasteiger partial charge in [0, 0.05) is 17.0 Å². The minimum Gasteiger partial charge on any atom is -0.481 e. The molecule has 0 saturated carbocycles. The van der Waals surface area contributed by atoms with Gasteiger partial charge in [0.1, 0.15) is 0 Å². The van der Waals surface area contributed by atoms with E-state index in [9.17, 15) is 27.5 Å². The Labute approximate surface area is 154 Å². The number of halogens is 4. The van der Waals surface area contributed by atoms with Crippen LogP contribution in [0.15, 0.2) is 36.4 Å². The van der Waals surface area contributed by atoms with Crippen LogP contribution in [-0.2, 0) is 29.5 Å². The number of fused-ring (bicyclic) bond motifs is 2. The molecule has 144 valence electrons. The lowest BCUT2D eigenvalue weighted by atomic mass is 9.83. The predicted octanol–water partition coefficient (Wildman–Crippen LogP) is 5.62. The largest absolute Gasteiger partial charge is 0.481 e. The summed E-state index contributed by atoms with van der Waals surface area (Å²) in [4.78, 5) is 11.5. The molecule has 0 aliphatic heterocycles. The number of hydrogen-bond acceptors (Lipinski definition) is 1. The van der Waals surface area contributed by atoms with Gasteiger partial charge in [-0.05, 0) is 35.1 Å². The van der Waals surface area contributed by atoms with Gasteiger partial charge in [0.25, 0.3) is 0 Å². The third-order valence-electron chi connectivity index (χ3n) is 5.25. The number of carboxylic acid groups (broad SMARTS) is 1. The number of benzene rings is 2. The van der Waals surface area contributed by atoms with Crippen molar-refractivity contribution in [3.63, 3.8) is 0 Å². The van der Waals surface area contributed by atoms with Crippen LogP contribution in [0.4, 0.5) is 17.6 Å². The van der Waals surface area contributed by atoms with Crippen LogP contribution in [0.25, 0.3) is 0 Å². The molecule has 0 radical (unpaired) electrons. The zero-order valence-electron chi connectivity index (χ0n) is 15.0. The summed E-state index contributed by atoms with van der Waals surface area (Å²) in [6.45, 7) is 3.64. The van der Waals surface area contributed by atoms with Crippen molar-refractivity contribution in [3.8, 4) is 0 Å². The van der Waals surface area contributed by atoms with Crippen LogP contribution >= 0.6 is 0 Å². The molecule has 0 heterocycles. The van der Waals surface area contributed by atoms with Crippen LogP contribution in [0.1, 0.15) is 59.6 Å². The lowest BCUT2D eigenvalue weighted by Crippen LogP contribution is -2.35. The molecule has 0 amide bonds. The molecule has 0 bridgehead atoms. The monoisotopic (exact) mass is 380 g/mol. The fourth-order valence-corrected chi connectivity index (χ4v) is 3.71. The van der Waals surface area contributed by atoms with Crippen molar-refractivity contribution in [1.29, 1.82) is 0 Å². The van der Waals surface area contributed by atoms with E-state index in [0.717, 1.165) is 12.1 Å². The summed E-state index contributed by atoms with van der Waals surface area (Å²) in [6, 6.07) is 7.72. The van der Waals surface area contributed by atoms with Crippen LogP contribution in [0, 0.1) is 0 Å². The van der Waals surface area contributed by atoms with Crippen LogP contribution in [0.5, 0.6) is 0 Å². The molecule has 0 aromatic heterocycles. The lowest BCUT2D eigenvalue weighted by Gasteiger charge is -2.27. The van der Waals surface area contributed by atoms with Crippen molar-refractivity contribution in [3.05, 3.63) is 69.8 Å². The smallest absolute Gasteiger partial charge is 0.340 e. The summed E-state index contributed by atoms with van der Waals surface area (Å²) in [6.07, 6.45) is 0.514. The third-order valence-corrected chi connectivity index (χ3v) is 5.25. The topological polar surface area (TPSA) is 37.3 Å². The zero-order chi connectivity index (χ0) is 20.0. The van der Waals surface area contributed by atoms with E-state index in [1.807, 2.05) is 13.8 Å². The van der Waals surface area contributed by atoms with Crippen molar-refractivity contribution in [2.75, 3.05) is 0 Å². The highest BCUT2D eigenvalue weighted by molar-refractivity contribution is 5.70. The molecule has 0 fully saturated rings. The summed E-state index contributed by atoms with van der Waals surface area (Å²) >= 11 is 0. The average Bonchev–Trinajstić information content (AvgIpc) is 2.68. The fourth-order valence-electron chi connectivity index (χ4n) is 3.71. The van der Waals surface area contributed by atoms with Gasteiger partial charge in [-0.3, -0.25) is 4.79 Å². The quantitative estimate of drug-likeness (QED) is 0.700. The Bertz CT molecular complexity index is 824. The fraction of sp³-hybridized carbons (Fsp3) is 0.381. The van der Waals surface area contributed by atoms with Gasteiger partial charge in [-0.15, -0.1) is 0 Å². The summed E-state index contributed by atoms with van der Waals surface area (Å²) in [7, 11) is 0. The van der Waals surface area contributed by atoms with Gasteiger partial charge in [0.2, 0.25) is 0 Å². The van der Waals surface area contributed by atoms with Gasteiger partial charge < -0.3 is 5.11 Å². The maximum absolute atomic E-state index is 14.9. The Balaban J connectivity index is 2.41. The predicted molar refractivity (Wildman–Crippen MR) is 93.5 cm³/mol. The highest BCUT2D eigenvalue weighted by Gasteiger charge is 2.62. The highest BCUT2D eigenvalue weighted by atomic mass is 19.3. The molecule has 2 aromatic carbocycles. The number of carboxylic acids is 1. The molecule has 0 atom stereocenters. The molecule has 1 N–H and O–H groups in total. The van der Waals surface area contributed by atoms with E-state index in [4.69, 9.17) is 0 Å². The second-order valence-corrected chi connectivity index (χ2v) is 6.85. The maximum Gasteiger partial charge on any atom is 0.340 e. The first-order chi connectivity index (χ1) is 12.6. The Hall–Kier alpha value is -2.37. The summed E-state index contributed by atoms with van der Waals surface area (Å²) in [5.41, 5.74) is -0.283. The summed E-state index contributed by atoms with van der Waals surface area (Å²) in [5, 5.41) is 9.35. The van der Waals surface area contributed by atoms with Crippen molar-refractivity contribution < 1.29 is 27.5 Å². The second kappa shape index (κ2) is 6.66. The number of alkyl halides is 4. The van der Waals surface area contributed by atoms with Gasteiger partial charge in [0.15, 0.2) is 0 Å². The van der Waals surface area contributed by atoms with Crippen LogP contribution < -0.4 is 0 Å². The molecule has 0 saturated heterocycles. The molecule has 27 heavy (non-hydrogen) atoms. The first-order valence-corrected chi connectivity index (χ1v) is 8.87. The molecular weight excluding hydrogens is 360 g/mol. The molecule has 0 spiro atoms. The van der Waals surface area contributed by atoms with Gasteiger partial charge in [-0.25, -0.2) is 0 Å². The molecule has 2 nitrogen and oxygen atoms in total. The Morgan fingerprint density at radius 3 is 1.63 bits per heavy atom. The van der Waals surface area contributed by atoms with E-state index in [1.165, 1.54) is 24.3 Å².